The van der Waals surface area contributed by atoms with Crippen molar-refractivity contribution < 1.29 is 24.3 Å². The van der Waals surface area contributed by atoms with E-state index in [9.17, 15) is 9.59 Å². The highest BCUT2D eigenvalue weighted by molar-refractivity contribution is 7.13. The SMILES string of the molecule is COC(=O)/C(=N/OC(C)(C)C(=O)O)c1csc(N)n1. The Balaban J connectivity index is 3.05. The summed E-state index contributed by atoms with van der Waals surface area (Å²) in [7, 11) is 1.16. The molecule has 0 bridgehead atoms. The molecule has 0 saturated heterocycles. The molecule has 0 atom stereocenters. The predicted octanol–water partition coefficient (Wildman–Crippen LogP) is 0.482. The molecule has 1 heterocycles. The van der Waals surface area contributed by atoms with Gasteiger partial charge in [0.25, 0.3) is 0 Å². The van der Waals surface area contributed by atoms with Gasteiger partial charge in [0.1, 0.15) is 5.69 Å². The molecule has 0 aromatic carbocycles. The van der Waals surface area contributed by atoms with Gasteiger partial charge in [0.2, 0.25) is 11.3 Å². The molecular weight excluding hydrogens is 274 g/mol. The van der Waals surface area contributed by atoms with Crippen molar-refractivity contribution in [2.45, 2.75) is 19.4 Å². The maximum Gasteiger partial charge on any atom is 0.362 e. The molecule has 3 N–H and O–H groups in total. The minimum absolute atomic E-state index is 0.163. The molecule has 0 unspecified atom stereocenters. The Hall–Kier alpha value is -2.16. The van der Waals surface area contributed by atoms with E-state index in [2.05, 4.69) is 14.9 Å². The standard InChI is InChI=1S/C10H13N3O5S/c1-10(2,8(15)16)18-13-6(7(14)17-3)5-4-19-9(11)12-5/h4H,1-3H3,(H2,11,12)(H,15,16)/b13-6+. The molecule has 19 heavy (non-hydrogen) atoms. The molecule has 0 saturated carbocycles. The topological polar surface area (TPSA) is 124 Å². The second-order valence-electron chi connectivity index (χ2n) is 3.91. The number of carbonyl (C=O) groups excluding carboxylic acids is 1. The summed E-state index contributed by atoms with van der Waals surface area (Å²) in [5.41, 5.74) is 3.79. The van der Waals surface area contributed by atoms with E-state index in [1.54, 1.807) is 0 Å². The van der Waals surface area contributed by atoms with E-state index in [0.717, 1.165) is 18.4 Å². The normalized spacial score (nSPS) is 12.1. The molecule has 9 heteroatoms. The van der Waals surface area contributed by atoms with Crippen molar-refractivity contribution in [1.82, 2.24) is 4.98 Å². The molecular formula is C10H13N3O5S. The zero-order chi connectivity index (χ0) is 14.6. The van der Waals surface area contributed by atoms with Crippen molar-refractivity contribution in [3.8, 4) is 0 Å². The van der Waals surface area contributed by atoms with Crippen LogP contribution in [0.4, 0.5) is 5.13 Å². The zero-order valence-corrected chi connectivity index (χ0v) is 11.4. The van der Waals surface area contributed by atoms with Crippen LogP contribution in [0.3, 0.4) is 0 Å². The Kier molecular flexibility index (Phi) is 4.43. The van der Waals surface area contributed by atoms with Crippen LogP contribution in [-0.4, -0.2) is 40.5 Å². The number of aromatic nitrogens is 1. The summed E-state index contributed by atoms with van der Waals surface area (Å²) >= 11 is 1.11. The second kappa shape index (κ2) is 5.65. The first-order valence-corrected chi connectivity index (χ1v) is 5.95. The first kappa shape index (κ1) is 14.9. The quantitative estimate of drug-likeness (QED) is 0.458. The number of thiazole rings is 1. The minimum atomic E-state index is -1.58. The highest BCUT2D eigenvalue weighted by atomic mass is 32.1. The Bertz CT molecular complexity index is 523. The number of hydrogen-bond acceptors (Lipinski definition) is 8. The molecule has 0 radical (unpaired) electrons. The monoisotopic (exact) mass is 287 g/mol. The second-order valence-corrected chi connectivity index (χ2v) is 4.80. The largest absolute Gasteiger partial charge is 0.478 e. The molecule has 0 aliphatic rings. The lowest BCUT2D eigenvalue weighted by atomic mass is 10.1. The fraction of sp³-hybridized carbons (Fsp3) is 0.400. The van der Waals surface area contributed by atoms with E-state index in [0.29, 0.717) is 0 Å². The molecule has 0 amide bonds. The van der Waals surface area contributed by atoms with Gasteiger partial charge >= 0.3 is 11.9 Å². The molecule has 8 nitrogen and oxygen atoms in total. The van der Waals surface area contributed by atoms with Gasteiger partial charge in [-0.2, -0.15) is 0 Å². The van der Waals surface area contributed by atoms with Gasteiger partial charge in [0.05, 0.1) is 7.11 Å². The molecule has 0 spiro atoms. The van der Waals surface area contributed by atoms with Gasteiger partial charge in [-0.1, -0.05) is 5.16 Å². The fourth-order valence-electron chi connectivity index (χ4n) is 0.880. The van der Waals surface area contributed by atoms with E-state index >= 15 is 0 Å². The van der Waals surface area contributed by atoms with Gasteiger partial charge in [-0.15, -0.1) is 11.3 Å². The maximum atomic E-state index is 11.6. The van der Waals surface area contributed by atoms with Gasteiger partial charge in [0, 0.05) is 5.38 Å². The fourth-order valence-corrected chi connectivity index (χ4v) is 1.43. The van der Waals surface area contributed by atoms with Crippen LogP contribution in [0.25, 0.3) is 0 Å². The van der Waals surface area contributed by atoms with E-state index in [1.165, 1.54) is 19.2 Å². The van der Waals surface area contributed by atoms with E-state index in [1.807, 2.05) is 0 Å². The van der Waals surface area contributed by atoms with Gasteiger partial charge in [-0.05, 0) is 13.8 Å². The number of anilines is 1. The third-order valence-corrected chi connectivity index (χ3v) is 2.70. The summed E-state index contributed by atoms with van der Waals surface area (Å²) in [5, 5.41) is 14.1. The van der Waals surface area contributed by atoms with Crippen molar-refractivity contribution in [3.05, 3.63) is 11.1 Å². The Morgan fingerprint density at radius 1 is 1.53 bits per heavy atom. The number of carbonyl (C=O) groups is 2. The van der Waals surface area contributed by atoms with Crippen molar-refractivity contribution in [2.75, 3.05) is 12.8 Å². The lowest BCUT2D eigenvalue weighted by molar-refractivity contribution is -0.161. The highest BCUT2D eigenvalue weighted by Gasteiger charge is 2.31. The number of aliphatic carboxylic acids is 1. The van der Waals surface area contributed by atoms with Crippen LogP contribution in [-0.2, 0) is 19.2 Å². The van der Waals surface area contributed by atoms with E-state index in [4.69, 9.17) is 15.7 Å². The van der Waals surface area contributed by atoms with Crippen molar-refractivity contribution in [3.63, 3.8) is 0 Å². The molecule has 0 fully saturated rings. The number of carboxylic acid groups (broad SMARTS) is 1. The molecule has 0 aliphatic heterocycles. The van der Waals surface area contributed by atoms with Gasteiger partial charge < -0.3 is 20.4 Å². The molecule has 0 aliphatic carbocycles. The summed E-state index contributed by atoms with van der Waals surface area (Å²) < 4.78 is 4.53. The zero-order valence-electron chi connectivity index (χ0n) is 10.5. The van der Waals surface area contributed by atoms with Crippen LogP contribution < -0.4 is 5.73 Å². The van der Waals surface area contributed by atoms with Crippen LogP contribution in [0.15, 0.2) is 10.5 Å². The number of carboxylic acids is 1. The maximum absolute atomic E-state index is 11.6. The number of rotatable bonds is 5. The third-order valence-electron chi connectivity index (χ3n) is 2.02. The average molecular weight is 287 g/mol. The first-order chi connectivity index (χ1) is 8.77. The highest BCUT2D eigenvalue weighted by Crippen LogP contribution is 2.15. The summed E-state index contributed by atoms with van der Waals surface area (Å²) in [6, 6.07) is 0. The lowest BCUT2D eigenvalue weighted by Crippen LogP contribution is -2.34. The van der Waals surface area contributed by atoms with Crippen LogP contribution >= 0.6 is 11.3 Å². The third kappa shape index (κ3) is 3.65. The molecule has 1 rings (SSSR count). The molecule has 1 aromatic heterocycles. The number of hydrogen-bond donors (Lipinski definition) is 2. The summed E-state index contributed by atoms with van der Waals surface area (Å²) in [4.78, 5) is 31.1. The molecule has 1 aromatic rings. The van der Waals surface area contributed by atoms with Crippen LogP contribution in [0, 0.1) is 0 Å². The Labute approximate surface area is 112 Å². The van der Waals surface area contributed by atoms with Crippen molar-refractivity contribution >= 4 is 34.1 Å². The first-order valence-electron chi connectivity index (χ1n) is 5.07. The number of nitrogen functional groups attached to an aromatic ring is 1. The Morgan fingerprint density at radius 2 is 2.16 bits per heavy atom. The summed E-state index contributed by atoms with van der Waals surface area (Å²) in [5.74, 6) is -2.02. The summed E-state index contributed by atoms with van der Waals surface area (Å²) in [6.07, 6.45) is 0. The van der Waals surface area contributed by atoms with Crippen molar-refractivity contribution in [2.24, 2.45) is 5.16 Å². The minimum Gasteiger partial charge on any atom is -0.478 e. The summed E-state index contributed by atoms with van der Waals surface area (Å²) in [6.45, 7) is 2.59. The van der Waals surface area contributed by atoms with Crippen LogP contribution in [0.2, 0.25) is 0 Å². The number of nitrogens with zero attached hydrogens (tertiary/aromatic N) is 2. The smallest absolute Gasteiger partial charge is 0.362 e. The van der Waals surface area contributed by atoms with E-state index in [-0.39, 0.29) is 16.5 Å². The van der Waals surface area contributed by atoms with Gasteiger partial charge in [-0.3, -0.25) is 0 Å². The Morgan fingerprint density at radius 3 is 2.58 bits per heavy atom. The van der Waals surface area contributed by atoms with Gasteiger partial charge in [0.15, 0.2) is 5.13 Å². The number of nitrogens with two attached hydrogens (primary N) is 1. The average Bonchev–Trinajstić information content (AvgIpc) is 2.75. The van der Waals surface area contributed by atoms with Crippen LogP contribution in [0.1, 0.15) is 19.5 Å². The van der Waals surface area contributed by atoms with Gasteiger partial charge in [-0.25, -0.2) is 14.6 Å². The molecule has 104 valence electrons. The number of esters is 1. The lowest BCUT2D eigenvalue weighted by Gasteiger charge is -2.16. The predicted molar refractivity (Wildman–Crippen MR) is 67.9 cm³/mol. The number of methoxy groups -OCH3 is 1. The van der Waals surface area contributed by atoms with Crippen LogP contribution in [0.5, 0.6) is 0 Å². The number of oxime groups is 1. The van der Waals surface area contributed by atoms with E-state index < -0.39 is 17.5 Å². The number of ether oxygens (including phenoxy) is 1. The van der Waals surface area contributed by atoms with Crippen molar-refractivity contribution in [1.29, 1.82) is 0 Å².